The number of likely N-dealkylation sites (tertiary alicyclic amines) is 1. The summed E-state index contributed by atoms with van der Waals surface area (Å²) in [5, 5.41) is 12.0. The highest BCUT2D eigenvalue weighted by molar-refractivity contribution is 6.06. The van der Waals surface area contributed by atoms with Crippen molar-refractivity contribution in [1.82, 2.24) is 30.1 Å². The molecule has 3 aliphatic rings. The Balaban J connectivity index is 1.19. The Morgan fingerprint density at radius 3 is 2.54 bits per heavy atom. The van der Waals surface area contributed by atoms with Crippen LogP contribution >= 0.6 is 0 Å². The molecule has 2 aromatic heterocycles. The first-order valence-electron chi connectivity index (χ1n) is 12.9. The smallest absolute Gasteiger partial charge is 0.255 e. The summed E-state index contributed by atoms with van der Waals surface area (Å²) in [6.07, 6.45) is 5.13. The zero-order valence-corrected chi connectivity index (χ0v) is 20.9. The lowest BCUT2D eigenvalue weighted by atomic mass is 9.99. The first kappa shape index (κ1) is 23.4. The summed E-state index contributed by atoms with van der Waals surface area (Å²) in [6.45, 7) is 4.98. The number of fused-ring (bicyclic) bond motifs is 1. The highest BCUT2D eigenvalue weighted by Crippen LogP contribution is 2.35. The Kier molecular flexibility index (Phi) is 6.00. The lowest BCUT2D eigenvalue weighted by molar-refractivity contribution is -0.138. The van der Waals surface area contributed by atoms with Crippen LogP contribution in [-0.4, -0.2) is 88.9 Å². The standard InChI is InChI=1S/C27H30N8O2/c1-33-8-10-34(11-9-33)20-6-4-18(5-7-20)22-14-30-25-24(31-22)21(13-29-25)26(36)32-23(19-2-3-19)27(37)35-15-17(12-28)16-35/h4-7,13-14,17,19,23H,2-3,8-11,15-16H2,1H3,(H,29,30)(H,32,36). The van der Waals surface area contributed by atoms with E-state index in [9.17, 15) is 9.59 Å². The number of H-pyrrole nitrogens is 1. The largest absolute Gasteiger partial charge is 0.369 e. The number of amides is 2. The minimum atomic E-state index is -0.574. The van der Waals surface area contributed by atoms with Crippen LogP contribution in [0.5, 0.6) is 0 Å². The molecule has 10 heteroatoms. The van der Waals surface area contributed by atoms with Gasteiger partial charge in [0, 0.05) is 56.7 Å². The fraction of sp³-hybridized carbons (Fsp3) is 0.444. The molecule has 2 saturated heterocycles. The van der Waals surface area contributed by atoms with Crippen molar-refractivity contribution in [2.24, 2.45) is 11.8 Å². The van der Waals surface area contributed by atoms with Gasteiger partial charge in [-0.3, -0.25) is 9.59 Å². The molecule has 2 N–H and O–H groups in total. The molecule has 0 spiro atoms. The van der Waals surface area contributed by atoms with Gasteiger partial charge in [0.05, 0.1) is 29.4 Å². The van der Waals surface area contributed by atoms with Gasteiger partial charge in [0.2, 0.25) is 5.91 Å². The summed E-state index contributed by atoms with van der Waals surface area (Å²) in [5.41, 5.74) is 4.17. The summed E-state index contributed by atoms with van der Waals surface area (Å²) >= 11 is 0. The van der Waals surface area contributed by atoms with Crippen LogP contribution in [0.2, 0.25) is 0 Å². The Morgan fingerprint density at radius 2 is 1.86 bits per heavy atom. The predicted molar refractivity (Wildman–Crippen MR) is 139 cm³/mol. The van der Waals surface area contributed by atoms with Crippen LogP contribution in [0.25, 0.3) is 22.4 Å². The van der Waals surface area contributed by atoms with Crippen molar-refractivity contribution in [1.29, 1.82) is 5.26 Å². The first-order chi connectivity index (χ1) is 18.0. The number of rotatable bonds is 6. The summed E-state index contributed by atoms with van der Waals surface area (Å²) in [4.78, 5) is 44.9. The molecule has 3 aromatic rings. The fourth-order valence-corrected chi connectivity index (χ4v) is 5.08. The zero-order valence-electron chi connectivity index (χ0n) is 20.9. The molecule has 10 nitrogen and oxygen atoms in total. The molecule has 0 radical (unpaired) electrons. The van der Waals surface area contributed by atoms with E-state index in [-0.39, 0.29) is 23.7 Å². The monoisotopic (exact) mass is 498 g/mol. The third-order valence-corrected chi connectivity index (χ3v) is 7.68. The number of aromatic nitrogens is 3. The second-order valence-corrected chi connectivity index (χ2v) is 10.3. The number of aromatic amines is 1. The molecular weight excluding hydrogens is 468 g/mol. The van der Waals surface area contributed by atoms with Gasteiger partial charge < -0.3 is 25.0 Å². The van der Waals surface area contributed by atoms with Crippen LogP contribution in [0.15, 0.2) is 36.7 Å². The lowest BCUT2D eigenvalue weighted by Gasteiger charge is -2.37. The molecule has 1 saturated carbocycles. The van der Waals surface area contributed by atoms with Crippen LogP contribution < -0.4 is 10.2 Å². The number of carbonyl (C=O) groups excluding carboxylic acids is 2. The maximum absolute atomic E-state index is 13.3. The number of hydrogen-bond donors (Lipinski definition) is 2. The third kappa shape index (κ3) is 4.62. The SMILES string of the molecule is CN1CCN(c2ccc(-c3cnc4[nH]cc(C(=O)NC(C(=O)N5CC(C#N)C5)C5CC5)c4n3)cc2)CC1. The quantitative estimate of drug-likeness (QED) is 0.532. The van der Waals surface area contributed by atoms with Gasteiger partial charge in [-0.1, -0.05) is 12.1 Å². The molecule has 2 amide bonds. The fourth-order valence-electron chi connectivity index (χ4n) is 5.08. The van der Waals surface area contributed by atoms with Crippen molar-refractivity contribution in [2.45, 2.75) is 18.9 Å². The Labute approximate surface area is 215 Å². The molecular formula is C27H30N8O2. The molecule has 190 valence electrons. The summed E-state index contributed by atoms with van der Waals surface area (Å²) in [6, 6.07) is 9.91. The van der Waals surface area contributed by atoms with Crippen molar-refractivity contribution in [3.8, 4) is 17.3 Å². The number of piperazine rings is 1. The van der Waals surface area contributed by atoms with Crippen molar-refractivity contribution in [3.05, 3.63) is 42.2 Å². The number of carbonyl (C=O) groups is 2. The van der Waals surface area contributed by atoms with Crippen molar-refractivity contribution < 1.29 is 9.59 Å². The van der Waals surface area contributed by atoms with Gasteiger partial charge in [0.1, 0.15) is 11.6 Å². The Bertz CT molecular complexity index is 1360. The van der Waals surface area contributed by atoms with E-state index in [1.54, 1.807) is 17.3 Å². The van der Waals surface area contributed by atoms with Crippen molar-refractivity contribution in [2.75, 3.05) is 51.2 Å². The maximum atomic E-state index is 13.3. The maximum Gasteiger partial charge on any atom is 0.255 e. The number of nitrogens with one attached hydrogen (secondary N) is 2. The van der Waals surface area contributed by atoms with Crippen LogP contribution in [0.1, 0.15) is 23.2 Å². The minimum Gasteiger partial charge on any atom is -0.369 e. The van der Waals surface area contributed by atoms with E-state index in [2.05, 4.69) is 50.3 Å². The average molecular weight is 499 g/mol. The average Bonchev–Trinajstić information content (AvgIpc) is 3.65. The molecule has 0 bridgehead atoms. The van der Waals surface area contributed by atoms with Crippen LogP contribution in [0.3, 0.4) is 0 Å². The molecule has 4 heterocycles. The number of anilines is 1. The topological polar surface area (TPSA) is 121 Å². The molecule has 6 rings (SSSR count). The number of nitrogens with zero attached hydrogens (tertiary/aromatic N) is 6. The van der Waals surface area contributed by atoms with Gasteiger partial charge in [-0.05, 0) is 37.9 Å². The second kappa shape index (κ2) is 9.48. The van der Waals surface area contributed by atoms with E-state index in [1.165, 1.54) is 5.69 Å². The zero-order chi connectivity index (χ0) is 25.5. The molecule has 2 aliphatic heterocycles. The second-order valence-electron chi connectivity index (χ2n) is 10.3. The molecule has 1 aliphatic carbocycles. The van der Waals surface area contributed by atoms with Crippen LogP contribution in [-0.2, 0) is 4.79 Å². The summed E-state index contributed by atoms with van der Waals surface area (Å²) < 4.78 is 0. The Hall–Kier alpha value is -3.97. The highest BCUT2D eigenvalue weighted by atomic mass is 16.2. The van der Waals surface area contributed by atoms with E-state index in [0.717, 1.165) is 44.6 Å². The van der Waals surface area contributed by atoms with Gasteiger partial charge in [-0.25, -0.2) is 9.97 Å². The number of hydrogen-bond acceptors (Lipinski definition) is 7. The minimum absolute atomic E-state index is 0.102. The normalized spacial score (nSPS) is 19.4. The number of nitriles is 1. The lowest BCUT2D eigenvalue weighted by Crippen LogP contribution is -2.57. The van der Waals surface area contributed by atoms with E-state index < -0.39 is 6.04 Å². The van der Waals surface area contributed by atoms with Crippen molar-refractivity contribution >= 4 is 28.7 Å². The summed E-state index contributed by atoms with van der Waals surface area (Å²) in [5.74, 6) is -0.416. The van der Waals surface area contributed by atoms with Gasteiger partial charge >= 0.3 is 0 Å². The molecule has 3 fully saturated rings. The van der Waals surface area contributed by atoms with Gasteiger partial charge in [0.25, 0.3) is 5.91 Å². The van der Waals surface area contributed by atoms with Gasteiger partial charge in [-0.2, -0.15) is 5.26 Å². The first-order valence-corrected chi connectivity index (χ1v) is 12.9. The van der Waals surface area contributed by atoms with Crippen LogP contribution in [0.4, 0.5) is 5.69 Å². The Morgan fingerprint density at radius 1 is 1.14 bits per heavy atom. The van der Waals surface area contributed by atoms with Crippen LogP contribution in [0, 0.1) is 23.2 Å². The number of likely N-dealkylation sites (N-methyl/N-ethyl adjacent to an activating group) is 1. The third-order valence-electron chi connectivity index (χ3n) is 7.68. The van der Waals surface area contributed by atoms with E-state index in [0.29, 0.717) is 35.5 Å². The highest BCUT2D eigenvalue weighted by Gasteiger charge is 2.43. The predicted octanol–water partition coefficient (Wildman–Crippen LogP) is 1.87. The van der Waals surface area contributed by atoms with E-state index >= 15 is 0 Å². The van der Waals surface area contributed by atoms with Gasteiger partial charge in [0.15, 0.2) is 5.65 Å². The van der Waals surface area contributed by atoms with E-state index in [1.807, 2.05) is 12.1 Å². The van der Waals surface area contributed by atoms with Gasteiger partial charge in [-0.15, -0.1) is 0 Å². The molecule has 37 heavy (non-hydrogen) atoms. The molecule has 1 atom stereocenters. The summed E-state index contributed by atoms with van der Waals surface area (Å²) in [7, 11) is 2.14. The van der Waals surface area contributed by atoms with Crippen molar-refractivity contribution in [3.63, 3.8) is 0 Å². The van der Waals surface area contributed by atoms with E-state index in [4.69, 9.17) is 10.2 Å². The molecule has 1 aromatic carbocycles. The number of benzene rings is 1. The molecule has 1 unspecified atom stereocenters.